The SMILES string of the molecule is CC(C)S(=O)(=O)N1CC2(C1)OCC[C@H]2COCC(=O)N(C)C. The molecule has 0 aromatic rings. The van der Waals surface area contributed by atoms with Gasteiger partial charge in [-0.2, -0.15) is 4.31 Å². The molecule has 2 aliphatic rings. The van der Waals surface area contributed by atoms with E-state index < -0.39 is 20.9 Å². The van der Waals surface area contributed by atoms with Gasteiger partial charge in [0.05, 0.1) is 11.9 Å². The summed E-state index contributed by atoms with van der Waals surface area (Å²) in [5, 5.41) is -0.418. The van der Waals surface area contributed by atoms with Crippen molar-refractivity contribution in [3.63, 3.8) is 0 Å². The lowest BCUT2D eigenvalue weighted by atomic mass is 9.83. The van der Waals surface area contributed by atoms with E-state index in [1.807, 2.05) is 0 Å². The van der Waals surface area contributed by atoms with Crippen LogP contribution in [0.25, 0.3) is 0 Å². The zero-order valence-electron chi connectivity index (χ0n) is 13.7. The molecule has 8 heteroatoms. The Morgan fingerprint density at radius 2 is 2.05 bits per heavy atom. The van der Waals surface area contributed by atoms with Crippen LogP contribution in [-0.4, -0.2) is 81.4 Å². The highest BCUT2D eigenvalue weighted by atomic mass is 32.2. The van der Waals surface area contributed by atoms with Gasteiger partial charge in [0.25, 0.3) is 0 Å². The molecule has 0 N–H and O–H groups in total. The first kappa shape index (κ1) is 17.7. The van der Waals surface area contributed by atoms with Gasteiger partial charge in [0.2, 0.25) is 15.9 Å². The smallest absolute Gasteiger partial charge is 0.248 e. The van der Waals surface area contributed by atoms with Crippen LogP contribution in [0.3, 0.4) is 0 Å². The molecule has 0 aromatic carbocycles. The second-order valence-electron chi connectivity index (χ2n) is 6.56. The van der Waals surface area contributed by atoms with Crippen molar-refractivity contribution in [2.75, 3.05) is 47.0 Å². The molecule has 128 valence electrons. The molecule has 0 bridgehead atoms. The Kier molecular flexibility index (Phi) is 5.16. The van der Waals surface area contributed by atoms with E-state index in [1.54, 1.807) is 27.9 Å². The van der Waals surface area contributed by atoms with Gasteiger partial charge in [0.15, 0.2) is 0 Å². The molecule has 2 aliphatic heterocycles. The van der Waals surface area contributed by atoms with E-state index in [1.165, 1.54) is 9.21 Å². The van der Waals surface area contributed by atoms with Gasteiger partial charge in [-0.25, -0.2) is 8.42 Å². The van der Waals surface area contributed by atoms with Gasteiger partial charge < -0.3 is 14.4 Å². The molecule has 2 heterocycles. The van der Waals surface area contributed by atoms with E-state index in [2.05, 4.69) is 0 Å². The van der Waals surface area contributed by atoms with Gasteiger partial charge >= 0.3 is 0 Å². The number of hydrogen-bond donors (Lipinski definition) is 0. The predicted octanol–water partition coefficient (Wildman–Crippen LogP) is -0.0797. The molecule has 0 saturated carbocycles. The maximum absolute atomic E-state index is 12.1. The average Bonchev–Trinajstić information content (AvgIpc) is 2.80. The quantitative estimate of drug-likeness (QED) is 0.679. The molecule has 1 spiro atoms. The molecule has 0 radical (unpaired) electrons. The summed E-state index contributed by atoms with van der Waals surface area (Å²) < 4.78 is 37.1. The number of carbonyl (C=O) groups excluding carboxylic acids is 1. The van der Waals surface area contributed by atoms with Crippen LogP contribution < -0.4 is 0 Å². The van der Waals surface area contributed by atoms with Gasteiger partial charge in [0, 0.05) is 39.7 Å². The van der Waals surface area contributed by atoms with E-state index in [4.69, 9.17) is 9.47 Å². The fraction of sp³-hybridized carbons (Fsp3) is 0.929. The second kappa shape index (κ2) is 6.43. The van der Waals surface area contributed by atoms with Crippen LogP contribution in [0, 0.1) is 5.92 Å². The van der Waals surface area contributed by atoms with Crippen molar-refractivity contribution in [2.24, 2.45) is 5.92 Å². The summed E-state index contributed by atoms with van der Waals surface area (Å²) >= 11 is 0. The molecule has 22 heavy (non-hydrogen) atoms. The minimum atomic E-state index is -3.22. The van der Waals surface area contributed by atoms with Gasteiger partial charge in [-0.1, -0.05) is 0 Å². The molecular weight excluding hydrogens is 308 g/mol. The Morgan fingerprint density at radius 1 is 1.41 bits per heavy atom. The summed E-state index contributed by atoms with van der Waals surface area (Å²) in [5.74, 6) is 0.0617. The van der Waals surface area contributed by atoms with Crippen LogP contribution in [0.5, 0.6) is 0 Å². The zero-order chi connectivity index (χ0) is 16.5. The number of ether oxygens (including phenoxy) is 2. The maximum atomic E-state index is 12.1. The number of rotatable bonds is 6. The minimum absolute atomic E-state index is 0.0492. The van der Waals surface area contributed by atoms with Crippen molar-refractivity contribution in [3.05, 3.63) is 0 Å². The van der Waals surface area contributed by atoms with Crippen LogP contribution >= 0.6 is 0 Å². The summed E-state index contributed by atoms with van der Waals surface area (Å²) in [6.07, 6.45) is 0.839. The summed E-state index contributed by atoms with van der Waals surface area (Å²) in [5.41, 5.74) is -0.427. The Bertz CT molecular complexity index is 511. The largest absolute Gasteiger partial charge is 0.372 e. The average molecular weight is 334 g/mol. The summed E-state index contributed by atoms with van der Waals surface area (Å²) in [6, 6.07) is 0. The van der Waals surface area contributed by atoms with Gasteiger partial charge in [0.1, 0.15) is 12.2 Å². The van der Waals surface area contributed by atoms with Crippen LogP contribution in [0.2, 0.25) is 0 Å². The molecule has 1 amide bonds. The number of carbonyl (C=O) groups is 1. The number of nitrogens with zero attached hydrogens (tertiary/aromatic N) is 2. The normalized spacial score (nSPS) is 24.7. The highest BCUT2D eigenvalue weighted by molar-refractivity contribution is 7.89. The number of likely N-dealkylation sites (N-methyl/N-ethyl adjacent to an activating group) is 1. The highest BCUT2D eigenvalue weighted by Crippen LogP contribution is 2.41. The molecule has 1 atom stereocenters. The molecular formula is C14H26N2O5S. The summed E-state index contributed by atoms with van der Waals surface area (Å²) in [4.78, 5) is 13.0. The van der Waals surface area contributed by atoms with Crippen molar-refractivity contribution < 1.29 is 22.7 Å². The standard InChI is InChI=1S/C14H26N2O5S/c1-11(2)22(18,19)16-9-14(10-16)12(5-6-21-14)7-20-8-13(17)15(3)4/h11-12H,5-10H2,1-4H3/t12-/m0/s1. The highest BCUT2D eigenvalue weighted by Gasteiger charge is 2.56. The molecule has 7 nitrogen and oxygen atoms in total. The molecule has 0 aromatic heterocycles. The van der Waals surface area contributed by atoms with Crippen molar-refractivity contribution in [1.29, 1.82) is 0 Å². The van der Waals surface area contributed by atoms with E-state index in [0.29, 0.717) is 26.3 Å². The third-order valence-corrected chi connectivity index (χ3v) is 6.66. The fourth-order valence-electron chi connectivity index (χ4n) is 2.82. The van der Waals surface area contributed by atoms with Crippen LogP contribution in [0.15, 0.2) is 0 Å². The molecule has 2 fully saturated rings. The molecule has 2 rings (SSSR count). The first-order chi connectivity index (χ1) is 10.2. The minimum Gasteiger partial charge on any atom is -0.372 e. The lowest BCUT2D eigenvalue weighted by molar-refractivity contribution is -0.138. The summed E-state index contributed by atoms with van der Waals surface area (Å²) in [7, 11) is 0.153. The fourth-order valence-corrected chi connectivity index (χ4v) is 4.21. The Morgan fingerprint density at radius 3 is 2.59 bits per heavy atom. The van der Waals surface area contributed by atoms with Gasteiger partial charge in [-0.15, -0.1) is 0 Å². The van der Waals surface area contributed by atoms with Crippen LogP contribution in [0.4, 0.5) is 0 Å². The lowest BCUT2D eigenvalue weighted by Crippen LogP contribution is -2.67. The van der Waals surface area contributed by atoms with E-state index >= 15 is 0 Å². The number of amides is 1. The Hall–Kier alpha value is -0.700. The first-order valence-corrected chi connectivity index (χ1v) is 9.10. The first-order valence-electron chi connectivity index (χ1n) is 7.60. The molecule has 0 aliphatic carbocycles. The number of hydrogen-bond acceptors (Lipinski definition) is 5. The van der Waals surface area contributed by atoms with E-state index in [-0.39, 0.29) is 18.4 Å². The lowest BCUT2D eigenvalue weighted by Gasteiger charge is -2.49. The molecule has 0 unspecified atom stereocenters. The maximum Gasteiger partial charge on any atom is 0.248 e. The third-order valence-electron chi connectivity index (χ3n) is 4.49. The topological polar surface area (TPSA) is 76.1 Å². The third kappa shape index (κ3) is 3.29. The predicted molar refractivity (Wildman–Crippen MR) is 81.9 cm³/mol. The van der Waals surface area contributed by atoms with Crippen LogP contribution in [0.1, 0.15) is 20.3 Å². The van der Waals surface area contributed by atoms with E-state index in [9.17, 15) is 13.2 Å². The van der Waals surface area contributed by atoms with Gasteiger partial charge in [-0.3, -0.25) is 4.79 Å². The second-order valence-corrected chi connectivity index (χ2v) is 9.05. The Balaban J connectivity index is 1.87. The molecule has 2 saturated heterocycles. The number of sulfonamides is 1. The Labute approximate surface area is 132 Å². The van der Waals surface area contributed by atoms with Crippen molar-refractivity contribution >= 4 is 15.9 Å². The van der Waals surface area contributed by atoms with Crippen molar-refractivity contribution in [3.8, 4) is 0 Å². The van der Waals surface area contributed by atoms with E-state index in [0.717, 1.165) is 6.42 Å². The van der Waals surface area contributed by atoms with Crippen LogP contribution in [-0.2, 0) is 24.3 Å². The van der Waals surface area contributed by atoms with Crippen molar-refractivity contribution in [1.82, 2.24) is 9.21 Å². The zero-order valence-corrected chi connectivity index (χ0v) is 14.6. The van der Waals surface area contributed by atoms with Crippen molar-refractivity contribution in [2.45, 2.75) is 31.1 Å². The monoisotopic (exact) mass is 334 g/mol. The van der Waals surface area contributed by atoms with Gasteiger partial charge in [-0.05, 0) is 20.3 Å². The summed E-state index contributed by atoms with van der Waals surface area (Å²) in [6.45, 7) is 5.24.